The van der Waals surface area contributed by atoms with Gasteiger partial charge in [0, 0.05) is 17.7 Å². The molecule has 2 fully saturated rings. The van der Waals surface area contributed by atoms with Crippen LogP contribution in [0.1, 0.15) is 51.9 Å². The normalized spacial score (nSPS) is 31.1. The zero-order valence-electron chi connectivity index (χ0n) is 16.5. The van der Waals surface area contributed by atoms with Crippen molar-refractivity contribution in [3.05, 3.63) is 36.5 Å². The monoisotopic (exact) mass is 409 g/mol. The molecular formula is C21H31NO5S. The van der Waals surface area contributed by atoms with E-state index in [0.717, 1.165) is 30.2 Å². The van der Waals surface area contributed by atoms with Crippen LogP contribution in [0.2, 0.25) is 0 Å². The van der Waals surface area contributed by atoms with Gasteiger partial charge in [0.25, 0.3) is 5.24 Å². The number of amides is 1. The molecule has 7 heteroatoms. The van der Waals surface area contributed by atoms with Gasteiger partial charge in [-0.25, -0.2) is 4.79 Å². The molecule has 2 heterocycles. The summed E-state index contributed by atoms with van der Waals surface area (Å²) >= 11 is 1.11. The van der Waals surface area contributed by atoms with Gasteiger partial charge < -0.3 is 20.3 Å². The van der Waals surface area contributed by atoms with Crippen molar-refractivity contribution in [1.29, 1.82) is 0 Å². The molecule has 0 saturated carbocycles. The maximum atomic E-state index is 12.1. The maximum Gasteiger partial charge on any atom is 0.331 e. The molecule has 0 aromatic rings. The highest BCUT2D eigenvalue weighted by molar-refractivity contribution is 8.14. The van der Waals surface area contributed by atoms with E-state index >= 15 is 0 Å². The third kappa shape index (κ3) is 5.72. The number of carbonyl (C=O) groups excluding carboxylic acids is 1. The van der Waals surface area contributed by atoms with Crippen LogP contribution in [0.3, 0.4) is 0 Å². The van der Waals surface area contributed by atoms with Gasteiger partial charge in [0.15, 0.2) is 5.79 Å². The summed E-state index contributed by atoms with van der Waals surface area (Å²) in [5, 5.41) is 23.7. The number of aliphatic carboxylic acids is 1. The number of carbonyl (C=O) groups is 2. The largest absolute Gasteiger partial charge is 0.478 e. The predicted molar refractivity (Wildman–Crippen MR) is 111 cm³/mol. The quantitative estimate of drug-likeness (QED) is 0.287. The fourth-order valence-corrected chi connectivity index (χ4v) is 4.92. The van der Waals surface area contributed by atoms with Crippen LogP contribution >= 0.6 is 11.8 Å². The first kappa shape index (κ1) is 22.7. The first-order valence-electron chi connectivity index (χ1n) is 9.79. The maximum absolute atomic E-state index is 12.1. The van der Waals surface area contributed by atoms with Crippen LogP contribution in [0.25, 0.3) is 0 Å². The molecule has 2 aliphatic rings. The SMILES string of the molecule is C=CCCC[C@@H]1C[C@@H](/C(C(=O)O)=C(\C)CCC=C)C[C@](O)([C@@H]2CSC(=O)N2)O1. The number of carboxylic acid groups (broad SMARTS) is 1. The van der Waals surface area contributed by atoms with Crippen LogP contribution in [0, 0.1) is 5.92 Å². The lowest BCUT2D eigenvalue weighted by molar-refractivity contribution is -0.272. The van der Waals surface area contributed by atoms with E-state index < -0.39 is 17.8 Å². The van der Waals surface area contributed by atoms with Crippen LogP contribution < -0.4 is 5.32 Å². The van der Waals surface area contributed by atoms with Gasteiger partial charge in [0.2, 0.25) is 0 Å². The minimum atomic E-state index is -1.57. The Hall–Kier alpha value is -1.57. The summed E-state index contributed by atoms with van der Waals surface area (Å²) in [5.41, 5.74) is 1.16. The van der Waals surface area contributed by atoms with E-state index in [-0.39, 0.29) is 23.7 Å². The highest BCUT2D eigenvalue weighted by Crippen LogP contribution is 2.42. The molecule has 0 aliphatic carbocycles. The van der Waals surface area contributed by atoms with E-state index in [1.807, 2.05) is 13.0 Å². The second kappa shape index (κ2) is 10.3. The van der Waals surface area contributed by atoms with Crippen LogP contribution in [0.5, 0.6) is 0 Å². The van der Waals surface area contributed by atoms with E-state index in [1.54, 1.807) is 6.08 Å². The van der Waals surface area contributed by atoms with E-state index in [1.165, 1.54) is 0 Å². The molecule has 2 saturated heterocycles. The van der Waals surface area contributed by atoms with Gasteiger partial charge in [-0.05, 0) is 51.4 Å². The van der Waals surface area contributed by atoms with Gasteiger partial charge in [-0.2, -0.15) is 0 Å². The molecule has 0 bridgehead atoms. The van der Waals surface area contributed by atoms with Gasteiger partial charge in [-0.3, -0.25) is 4.79 Å². The molecule has 0 aromatic heterocycles. The second-order valence-corrected chi connectivity index (χ2v) is 8.56. The number of nitrogens with one attached hydrogen (secondary N) is 1. The van der Waals surface area contributed by atoms with Crippen molar-refractivity contribution in [2.75, 3.05) is 5.75 Å². The summed E-state index contributed by atoms with van der Waals surface area (Å²) in [6.45, 7) is 9.27. The highest BCUT2D eigenvalue weighted by atomic mass is 32.2. The van der Waals surface area contributed by atoms with Gasteiger partial charge in [-0.1, -0.05) is 29.5 Å². The van der Waals surface area contributed by atoms with Gasteiger partial charge in [0.05, 0.1) is 12.1 Å². The smallest absolute Gasteiger partial charge is 0.331 e. The average molecular weight is 410 g/mol. The molecule has 0 radical (unpaired) electrons. The zero-order chi connectivity index (χ0) is 20.7. The van der Waals surface area contributed by atoms with Gasteiger partial charge in [-0.15, -0.1) is 13.2 Å². The van der Waals surface area contributed by atoms with E-state index in [9.17, 15) is 19.8 Å². The number of allylic oxidation sites excluding steroid dienone is 3. The molecule has 0 unspecified atom stereocenters. The molecule has 28 heavy (non-hydrogen) atoms. The van der Waals surface area contributed by atoms with Gasteiger partial charge in [0.1, 0.15) is 0 Å². The summed E-state index contributed by atoms with van der Waals surface area (Å²) < 4.78 is 6.04. The molecule has 6 nitrogen and oxygen atoms in total. The molecule has 2 aliphatic heterocycles. The van der Waals surface area contributed by atoms with Crippen molar-refractivity contribution in [1.82, 2.24) is 5.32 Å². The van der Waals surface area contributed by atoms with Crippen LogP contribution in [-0.4, -0.2) is 45.1 Å². The Bertz CT molecular complexity index is 647. The van der Waals surface area contributed by atoms with Crippen LogP contribution in [0.4, 0.5) is 4.79 Å². The lowest BCUT2D eigenvalue weighted by Crippen LogP contribution is -2.57. The fraction of sp³-hybridized carbons (Fsp3) is 0.619. The summed E-state index contributed by atoms with van der Waals surface area (Å²) in [5.74, 6) is -2.45. The number of thioether (sulfide) groups is 1. The minimum absolute atomic E-state index is 0.156. The third-order valence-electron chi connectivity index (χ3n) is 5.43. The molecule has 3 N–H and O–H groups in total. The van der Waals surface area contributed by atoms with Crippen molar-refractivity contribution < 1.29 is 24.5 Å². The Morgan fingerprint density at radius 3 is 2.68 bits per heavy atom. The molecule has 0 spiro atoms. The number of unbranched alkanes of at least 4 members (excludes halogenated alkanes) is 1. The molecule has 2 rings (SSSR count). The number of hydrogen-bond donors (Lipinski definition) is 3. The van der Waals surface area contributed by atoms with Crippen molar-refractivity contribution in [3.63, 3.8) is 0 Å². The number of ether oxygens (including phenoxy) is 1. The fourth-order valence-electron chi connectivity index (χ4n) is 4.04. The van der Waals surface area contributed by atoms with E-state index in [4.69, 9.17) is 4.74 Å². The van der Waals surface area contributed by atoms with Gasteiger partial charge >= 0.3 is 5.97 Å². The van der Waals surface area contributed by atoms with Crippen LogP contribution in [-0.2, 0) is 9.53 Å². The number of rotatable bonds is 10. The first-order chi connectivity index (χ1) is 13.3. The standard InChI is InChI=1S/C21H31NO5S/c1-4-6-8-10-16-11-15(18(19(23)24)14(3)9-7-5-2)12-21(26,27-16)17-13-28-20(25)22-17/h4-5,15-17,26H,1-2,6-13H2,3H3,(H,22,25)(H,23,24)/b18-14-/t15-,16-,17+,21-/m1/s1. The van der Waals surface area contributed by atoms with Crippen molar-refractivity contribution >= 4 is 23.0 Å². The zero-order valence-corrected chi connectivity index (χ0v) is 17.3. The topological polar surface area (TPSA) is 95.9 Å². The Kier molecular flexibility index (Phi) is 8.34. The Morgan fingerprint density at radius 1 is 1.39 bits per heavy atom. The van der Waals surface area contributed by atoms with Crippen molar-refractivity contribution in [2.24, 2.45) is 5.92 Å². The molecule has 4 atom stereocenters. The minimum Gasteiger partial charge on any atom is -0.478 e. The lowest BCUT2D eigenvalue weighted by atomic mass is 9.79. The summed E-state index contributed by atoms with van der Waals surface area (Å²) in [6.07, 6.45) is 7.75. The van der Waals surface area contributed by atoms with Crippen molar-refractivity contribution in [3.8, 4) is 0 Å². The summed E-state index contributed by atoms with van der Waals surface area (Å²) in [7, 11) is 0. The Morgan fingerprint density at radius 2 is 2.11 bits per heavy atom. The molecule has 1 amide bonds. The predicted octanol–water partition coefficient (Wildman–Crippen LogP) is 4.02. The number of hydrogen-bond acceptors (Lipinski definition) is 5. The Labute approximate surface area is 171 Å². The first-order valence-corrected chi connectivity index (χ1v) is 10.8. The third-order valence-corrected chi connectivity index (χ3v) is 6.31. The van der Waals surface area contributed by atoms with Crippen molar-refractivity contribution in [2.45, 2.75) is 69.8 Å². The lowest BCUT2D eigenvalue weighted by Gasteiger charge is -2.44. The highest BCUT2D eigenvalue weighted by Gasteiger charge is 2.49. The summed E-state index contributed by atoms with van der Waals surface area (Å²) in [4.78, 5) is 23.7. The summed E-state index contributed by atoms with van der Waals surface area (Å²) in [6, 6.07) is -0.543. The number of aliphatic hydroxyl groups is 1. The second-order valence-electron chi connectivity index (χ2n) is 7.56. The average Bonchev–Trinajstić information content (AvgIpc) is 3.07. The molecular weight excluding hydrogens is 378 g/mol. The molecule has 0 aromatic carbocycles. The van der Waals surface area contributed by atoms with E-state index in [0.29, 0.717) is 37.0 Å². The van der Waals surface area contributed by atoms with Crippen LogP contribution in [0.15, 0.2) is 36.5 Å². The molecule has 156 valence electrons. The Balaban J connectivity index is 2.29. The van der Waals surface area contributed by atoms with E-state index in [2.05, 4.69) is 18.5 Å². The number of carboxylic acids is 1.